The molecule has 2 unspecified atom stereocenters. The van der Waals surface area contributed by atoms with Crippen LogP contribution < -0.4 is 0 Å². The van der Waals surface area contributed by atoms with Gasteiger partial charge in [0.25, 0.3) is 0 Å². The molecule has 3 aromatic carbocycles. The standard InChI is InChI=1S/2C32H40N2O.C28H29NO2/c2*1-4-17-34(3)27-8-7-25-19-26-11-13-30(2)28(23-6-5-22-12-16-33-21-24(22)18-23)9-10-29(30)32(26)15-14-31(25,20-27)35-32;1-26-10-8-22-15-21-4-5-23(30)16-27(21)11-12-28(22,31-27)25(26)7-6-24(26)19-3-2-18-9-13-29-17-20(18)14-19/h2*5-6,11-12,16,18-19,21,27-29H,4,7-10,13-15,17,20H2,1-3H3;2-3,8-9,13-15,17,24-25H,4-7,10-12,16H2,1H3/t27-,28?,29+,30+,31+,32+;27-,28?,29-,30-,31-,32-;24-,25-,26-,27-,28-/m011/s1. The molecular formula is C92H109N5O4. The Morgan fingerprint density at radius 3 is 1.18 bits per heavy atom. The number of ketones is 1. The number of carbonyl (C=O) groups is 1. The molecule has 0 amide bonds. The second-order valence-electron chi connectivity index (χ2n) is 36.0. The highest BCUT2D eigenvalue weighted by Gasteiger charge is 2.70. The zero-order chi connectivity index (χ0) is 68.5. The summed E-state index contributed by atoms with van der Waals surface area (Å²) < 4.78 is 22.1. The molecule has 526 valence electrons. The maximum absolute atomic E-state index is 12.4. The SMILES string of the molecule is CCCN(C)[C@@H]1CCC2=CC3=CC[C@]4(C)C(c5ccc6ccncc6c5)CC[C@H]4[C@@]34CC[C@]2(C1)O4.CCCN(C)[C@H]1CCC2=CC3=CC[C@]4(C)C(c5ccc6ccncc6c5)CC[C@H]4[C@@]34CC[C@]2(C1)O4.C[C@]12CC=C3C=C4CCC(=O)C[C@]45CC[C@]3(O5)[C@@H]1CC[C@@H]2c1ccc2ccncc2c1. The number of rotatable bonds is 9. The van der Waals surface area contributed by atoms with Gasteiger partial charge in [-0.15, -0.1) is 0 Å². The molecular weight excluding hydrogens is 1240 g/mol. The minimum atomic E-state index is -0.294. The molecule has 3 aromatic heterocycles. The molecule has 0 radical (unpaired) electrons. The molecule has 0 N–H and O–H groups in total. The first-order valence-corrected chi connectivity index (χ1v) is 40.3. The second-order valence-corrected chi connectivity index (χ2v) is 36.0. The van der Waals surface area contributed by atoms with Crippen molar-refractivity contribution in [1.82, 2.24) is 24.8 Å². The number of allylic oxidation sites excluding steroid dienone is 3. The van der Waals surface area contributed by atoms with Crippen LogP contribution in [0.4, 0.5) is 0 Å². The van der Waals surface area contributed by atoms with Crippen LogP contribution in [0.3, 0.4) is 0 Å². The van der Waals surface area contributed by atoms with E-state index in [9.17, 15) is 4.79 Å². The predicted octanol–water partition coefficient (Wildman–Crippen LogP) is 20.4. The summed E-state index contributed by atoms with van der Waals surface area (Å²) in [6.45, 7) is 14.7. The van der Waals surface area contributed by atoms with Crippen molar-refractivity contribution in [2.24, 2.45) is 34.0 Å². The number of fused-ring (bicyclic) bond motifs is 6. The van der Waals surface area contributed by atoms with E-state index in [0.29, 0.717) is 66.2 Å². The molecule has 6 spiro atoms. The van der Waals surface area contributed by atoms with E-state index < -0.39 is 0 Å². The molecule has 6 saturated carbocycles. The number of nitrogens with zero attached hydrogens (tertiary/aromatic N) is 5. The van der Waals surface area contributed by atoms with Gasteiger partial charge in [-0.3, -0.25) is 19.7 Å². The maximum Gasteiger partial charge on any atom is 0.136 e. The molecule has 9 heteroatoms. The average Bonchev–Trinajstić information content (AvgIpc) is 1.55. The first-order valence-electron chi connectivity index (χ1n) is 40.3. The molecule has 9 heterocycles. The number of aromatic nitrogens is 3. The summed E-state index contributed by atoms with van der Waals surface area (Å²) >= 11 is 0. The Hall–Kier alpha value is -6.20. The van der Waals surface area contributed by atoms with Crippen LogP contribution in [-0.2, 0) is 19.0 Å². The van der Waals surface area contributed by atoms with E-state index in [-0.39, 0.29) is 49.9 Å². The van der Waals surface area contributed by atoms with Crippen molar-refractivity contribution in [2.75, 3.05) is 27.2 Å². The van der Waals surface area contributed by atoms with Gasteiger partial charge in [0.1, 0.15) is 5.78 Å². The van der Waals surface area contributed by atoms with E-state index in [2.05, 4.69) is 183 Å². The molecule has 6 aliphatic heterocycles. The minimum Gasteiger partial charge on any atom is -0.359 e. The average molecular weight is 1350 g/mol. The van der Waals surface area contributed by atoms with Crippen LogP contribution in [0.5, 0.6) is 0 Å². The predicted molar refractivity (Wildman–Crippen MR) is 406 cm³/mol. The highest BCUT2D eigenvalue weighted by Crippen LogP contribution is 2.73. The third-order valence-corrected chi connectivity index (χ3v) is 31.4. The third kappa shape index (κ3) is 9.81. The number of benzene rings is 3. The third-order valence-electron chi connectivity index (χ3n) is 31.4. The molecule has 9 aliphatic carbocycles. The van der Waals surface area contributed by atoms with Crippen LogP contribution in [0, 0.1) is 34.0 Å². The lowest BCUT2D eigenvalue weighted by Crippen LogP contribution is -2.55. The van der Waals surface area contributed by atoms with E-state index in [1.807, 2.05) is 37.2 Å². The summed E-state index contributed by atoms with van der Waals surface area (Å²) in [4.78, 5) is 30.7. The van der Waals surface area contributed by atoms with E-state index in [1.165, 1.54) is 213 Å². The molecule has 17 atom stereocenters. The maximum atomic E-state index is 12.4. The van der Waals surface area contributed by atoms with Crippen LogP contribution in [0.2, 0.25) is 0 Å². The number of pyridine rings is 3. The Bertz CT molecular complexity index is 4370. The summed E-state index contributed by atoms with van der Waals surface area (Å²) in [7, 11) is 4.66. The van der Waals surface area contributed by atoms with Gasteiger partial charge in [0.15, 0.2) is 0 Å². The number of carbonyl (C=O) groups excluding carboxylic acids is 1. The largest absolute Gasteiger partial charge is 0.359 e. The van der Waals surface area contributed by atoms with Crippen LogP contribution in [0.25, 0.3) is 32.3 Å². The lowest BCUT2D eigenvalue weighted by atomic mass is 9.58. The van der Waals surface area contributed by atoms with Crippen molar-refractivity contribution < 1.29 is 19.0 Å². The first kappa shape index (κ1) is 65.6. The molecule has 101 heavy (non-hydrogen) atoms. The van der Waals surface area contributed by atoms with E-state index >= 15 is 0 Å². The molecule has 21 rings (SSSR count). The number of hydrogen-bond donors (Lipinski definition) is 0. The van der Waals surface area contributed by atoms with Crippen molar-refractivity contribution >= 4 is 38.1 Å². The normalized spacial score (nSPS) is 40.0. The fourth-order valence-electron chi connectivity index (χ4n) is 26.4. The van der Waals surface area contributed by atoms with E-state index in [0.717, 1.165) is 25.7 Å². The number of Topliss-reactive ketones (excluding diaryl/α,β-unsaturated/α-hetero) is 1. The second kappa shape index (κ2) is 23.9. The zero-order valence-corrected chi connectivity index (χ0v) is 61.6. The summed E-state index contributed by atoms with van der Waals surface area (Å²) in [6.07, 6.45) is 57.0. The van der Waals surface area contributed by atoms with Gasteiger partial charge in [-0.25, -0.2) is 0 Å². The van der Waals surface area contributed by atoms with Crippen molar-refractivity contribution in [3.63, 3.8) is 0 Å². The van der Waals surface area contributed by atoms with Gasteiger partial charge in [0, 0.05) is 78.3 Å². The summed E-state index contributed by atoms with van der Waals surface area (Å²) in [5.41, 5.74) is 13.7. The summed E-state index contributed by atoms with van der Waals surface area (Å²) in [6, 6.07) is 28.9. The van der Waals surface area contributed by atoms with Crippen LogP contribution >= 0.6 is 0 Å². The van der Waals surface area contributed by atoms with Crippen molar-refractivity contribution in [2.45, 2.75) is 265 Å². The molecule has 6 bridgehead atoms. The van der Waals surface area contributed by atoms with Gasteiger partial charge < -0.3 is 24.0 Å². The first-order chi connectivity index (χ1) is 49.0. The van der Waals surface area contributed by atoms with E-state index in [1.54, 1.807) is 11.1 Å². The van der Waals surface area contributed by atoms with Crippen molar-refractivity contribution in [1.29, 1.82) is 0 Å². The molecule has 6 aromatic rings. The minimum absolute atomic E-state index is 0.00673. The Morgan fingerprint density at radius 2 is 0.792 bits per heavy atom. The van der Waals surface area contributed by atoms with Gasteiger partial charge in [0.2, 0.25) is 0 Å². The topological polar surface area (TPSA) is 89.9 Å². The lowest BCUT2D eigenvalue weighted by molar-refractivity contribution is -0.146. The smallest absolute Gasteiger partial charge is 0.136 e. The van der Waals surface area contributed by atoms with Crippen LogP contribution in [-0.4, -0.2) is 103 Å². The van der Waals surface area contributed by atoms with Crippen molar-refractivity contribution in [3.05, 3.63) is 197 Å². The molecule has 9 fully saturated rings. The Balaban J connectivity index is 0.000000105. The Morgan fingerprint density at radius 1 is 0.426 bits per heavy atom. The van der Waals surface area contributed by atoms with Gasteiger partial charge in [-0.05, 0) is 336 Å². The van der Waals surface area contributed by atoms with Crippen LogP contribution in [0.15, 0.2) is 180 Å². The highest BCUT2D eigenvalue weighted by atomic mass is 16.5. The Labute approximate surface area is 601 Å². The fraction of sp³-hybridized carbons (Fsp3) is 0.565. The van der Waals surface area contributed by atoms with Gasteiger partial charge in [0.05, 0.1) is 33.6 Å². The van der Waals surface area contributed by atoms with Gasteiger partial charge in [-0.1, -0.05) is 107 Å². The lowest BCUT2D eigenvalue weighted by Gasteiger charge is -2.55. The summed E-state index contributed by atoms with van der Waals surface area (Å²) in [5.74, 6) is 3.83. The highest BCUT2D eigenvalue weighted by molar-refractivity contribution is 5.85. The summed E-state index contributed by atoms with van der Waals surface area (Å²) in [5, 5.41) is 7.62. The number of hydrogen-bond acceptors (Lipinski definition) is 9. The van der Waals surface area contributed by atoms with Crippen LogP contribution in [0.1, 0.15) is 236 Å². The zero-order valence-electron chi connectivity index (χ0n) is 61.6. The van der Waals surface area contributed by atoms with E-state index in [4.69, 9.17) is 14.2 Å². The fourth-order valence-corrected chi connectivity index (χ4v) is 26.4. The Kier molecular flexibility index (Phi) is 15.5. The van der Waals surface area contributed by atoms with Crippen molar-refractivity contribution in [3.8, 4) is 0 Å². The van der Waals surface area contributed by atoms with Gasteiger partial charge in [-0.2, -0.15) is 0 Å². The molecule has 3 saturated heterocycles. The quantitative estimate of drug-likeness (QED) is 0.140. The van der Waals surface area contributed by atoms with Gasteiger partial charge >= 0.3 is 0 Å². The number of ether oxygens (including phenoxy) is 3. The molecule has 9 nitrogen and oxygen atoms in total. The molecule has 15 aliphatic rings. The monoisotopic (exact) mass is 1350 g/mol.